The number of nitrogens with two attached hydrogens (primary N) is 1. The van der Waals surface area contributed by atoms with Gasteiger partial charge in [-0.15, -0.1) is 5.10 Å². The van der Waals surface area contributed by atoms with Crippen molar-refractivity contribution in [2.45, 2.75) is 13.3 Å². The van der Waals surface area contributed by atoms with Crippen molar-refractivity contribution in [2.75, 3.05) is 36.9 Å². The number of fused-ring (bicyclic) bond motifs is 2. The van der Waals surface area contributed by atoms with Crippen LogP contribution < -0.4 is 10.6 Å². The Balaban J connectivity index is 1.41. The third kappa shape index (κ3) is 3.08. The highest BCUT2D eigenvalue weighted by atomic mass is 19.1. The molecular weight excluding hydrogens is 449 g/mol. The second-order valence-electron chi connectivity index (χ2n) is 9.44. The lowest BCUT2D eigenvalue weighted by atomic mass is 9.78. The summed E-state index contributed by atoms with van der Waals surface area (Å²) in [5, 5.41) is 4.56. The molecule has 2 saturated heterocycles. The van der Waals surface area contributed by atoms with E-state index >= 15 is 0 Å². The molecule has 0 bridgehead atoms. The Hall–Kier alpha value is -4.12. The standard InChI is InChI=1S/C24H22FN9O/c1-14-8-28-19-5-4-15(9-33(14)19)20-21(32-10-24(11-32)12-35-13-24)30-23(26)34-22(20)29-18(31-34)7-17-16(25)3-2-6-27-17/h2-6,8-9H,7,10-13H2,1H3,(H2,26,30). The molecule has 0 atom stereocenters. The number of nitrogens with zero attached hydrogens (tertiary/aromatic N) is 8. The van der Waals surface area contributed by atoms with Crippen LogP contribution in [0.1, 0.15) is 17.2 Å². The molecule has 2 aliphatic rings. The number of halogens is 1. The summed E-state index contributed by atoms with van der Waals surface area (Å²) >= 11 is 0. The summed E-state index contributed by atoms with van der Waals surface area (Å²) in [6.07, 6.45) is 5.57. The van der Waals surface area contributed by atoms with Gasteiger partial charge in [0, 0.05) is 42.9 Å². The fourth-order valence-electron chi connectivity index (χ4n) is 4.98. The van der Waals surface area contributed by atoms with Crippen LogP contribution in [0.2, 0.25) is 0 Å². The maximum atomic E-state index is 14.3. The first-order valence-electron chi connectivity index (χ1n) is 11.4. The van der Waals surface area contributed by atoms with Gasteiger partial charge in [0.1, 0.15) is 17.3 Å². The van der Waals surface area contributed by atoms with Gasteiger partial charge in [-0.1, -0.05) is 0 Å². The average Bonchev–Trinajstić information content (AvgIpc) is 3.37. The maximum Gasteiger partial charge on any atom is 0.225 e. The Labute approximate surface area is 199 Å². The van der Waals surface area contributed by atoms with Crippen molar-refractivity contribution in [3.63, 3.8) is 0 Å². The number of pyridine rings is 2. The first kappa shape index (κ1) is 20.3. The fraction of sp³-hybridized carbons (Fsp3) is 0.292. The molecule has 5 aromatic rings. The van der Waals surface area contributed by atoms with E-state index in [-0.39, 0.29) is 23.5 Å². The first-order chi connectivity index (χ1) is 17.0. The largest absolute Gasteiger partial charge is 0.380 e. The number of hydrogen-bond donors (Lipinski definition) is 1. The van der Waals surface area contributed by atoms with Crippen molar-refractivity contribution in [3.05, 3.63) is 65.9 Å². The Bertz CT molecular complexity index is 1610. The second-order valence-corrected chi connectivity index (χ2v) is 9.44. The van der Waals surface area contributed by atoms with Gasteiger partial charge in [0.05, 0.1) is 36.3 Å². The molecule has 0 aromatic carbocycles. The molecule has 176 valence electrons. The number of imidazole rings is 1. The number of aromatic nitrogens is 7. The Kier molecular flexibility index (Phi) is 4.16. The Morgan fingerprint density at radius 3 is 2.77 bits per heavy atom. The van der Waals surface area contributed by atoms with Gasteiger partial charge in [0.15, 0.2) is 11.5 Å². The molecule has 2 fully saturated rings. The quantitative estimate of drug-likeness (QED) is 0.425. The summed E-state index contributed by atoms with van der Waals surface area (Å²) in [7, 11) is 0. The van der Waals surface area contributed by atoms with Crippen LogP contribution in [-0.2, 0) is 11.2 Å². The molecule has 5 aromatic heterocycles. The van der Waals surface area contributed by atoms with Crippen molar-refractivity contribution in [1.82, 2.24) is 34.0 Å². The van der Waals surface area contributed by atoms with Gasteiger partial charge < -0.3 is 19.8 Å². The Morgan fingerprint density at radius 1 is 1.14 bits per heavy atom. The summed E-state index contributed by atoms with van der Waals surface area (Å²) in [6.45, 7) is 5.22. The maximum absolute atomic E-state index is 14.3. The average molecular weight is 472 g/mol. The van der Waals surface area contributed by atoms with E-state index in [9.17, 15) is 4.39 Å². The molecule has 0 radical (unpaired) electrons. The molecule has 7 heterocycles. The molecule has 7 rings (SSSR count). The topological polar surface area (TPSA) is 112 Å². The highest BCUT2D eigenvalue weighted by Crippen LogP contribution is 2.44. The Morgan fingerprint density at radius 2 is 2.00 bits per heavy atom. The third-order valence-electron chi connectivity index (χ3n) is 6.84. The van der Waals surface area contributed by atoms with E-state index in [1.165, 1.54) is 10.6 Å². The van der Waals surface area contributed by atoms with E-state index < -0.39 is 5.82 Å². The summed E-state index contributed by atoms with van der Waals surface area (Å²) in [6, 6.07) is 6.91. The number of aryl methyl sites for hydroxylation is 1. The van der Waals surface area contributed by atoms with Gasteiger partial charge in [-0.3, -0.25) is 4.98 Å². The zero-order valence-corrected chi connectivity index (χ0v) is 19.0. The molecule has 11 heteroatoms. The highest BCUT2D eigenvalue weighted by molar-refractivity contribution is 5.88. The second kappa shape index (κ2) is 7.19. The van der Waals surface area contributed by atoms with Crippen LogP contribution in [0.4, 0.5) is 16.2 Å². The number of ether oxygens (including phenoxy) is 1. The van der Waals surface area contributed by atoms with Gasteiger partial charge in [-0.25, -0.2) is 14.4 Å². The molecular formula is C24H22FN9O. The summed E-state index contributed by atoms with van der Waals surface area (Å²) in [4.78, 5) is 20.4. The molecule has 0 amide bonds. The van der Waals surface area contributed by atoms with Gasteiger partial charge in [0.2, 0.25) is 5.95 Å². The summed E-state index contributed by atoms with van der Waals surface area (Å²) in [5.41, 5.74) is 11.0. The zero-order valence-electron chi connectivity index (χ0n) is 19.0. The lowest BCUT2D eigenvalue weighted by Gasteiger charge is -2.55. The van der Waals surface area contributed by atoms with Gasteiger partial charge >= 0.3 is 0 Å². The minimum absolute atomic E-state index is 0.145. The van der Waals surface area contributed by atoms with E-state index in [1.807, 2.05) is 35.9 Å². The molecule has 0 unspecified atom stereocenters. The normalized spacial score (nSPS) is 16.7. The minimum atomic E-state index is -0.395. The van der Waals surface area contributed by atoms with Crippen LogP contribution in [0.25, 0.3) is 22.4 Å². The predicted octanol–water partition coefficient (Wildman–Crippen LogP) is 2.29. The van der Waals surface area contributed by atoms with Crippen molar-refractivity contribution >= 4 is 23.1 Å². The van der Waals surface area contributed by atoms with Crippen molar-refractivity contribution in [2.24, 2.45) is 5.41 Å². The van der Waals surface area contributed by atoms with Crippen LogP contribution in [0, 0.1) is 18.2 Å². The van der Waals surface area contributed by atoms with Gasteiger partial charge in [-0.05, 0) is 31.2 Å². The van der Waals surface area contributed by atoms with Crippen LogP contribution in [0.5, 0.6) is 0 Å². The summed E-state index contributed by atoms with van der Waals surface area (Å²) in [5.74, 6) is 1.01. The molecule has 10 nitrogen and oxygen atoms in total. The monoisotopic (exact) mass is 471 g/mol. The number of hydrogen-bond acceptors (Lipinski definition) is 8. The lowest BCUT2D eigenvalue weighted by molar-refractivity contribution is -0.127. The van der Waals surface area contributed by atoms with Crippen LogP contribution in [0.15, 0.2) is 42.9 Å². The van der Waals surface area contributed by atoms with E-state index in [1.54, 1.807) is 12.3 Å². The minimum Gasteiger partial charge on any atom is -0.380 e. The molecule has 0 saturated carbocycles. The molecule has 35 heavy (non-hydrogen) atoms. The third-order valence-corrected chi connectivity index (χ3v) is 6.84. The molecule has 2 N–H and O–H groups in total. The summed E-state index contributed by atoms with van der Waals surface area (Å²) < 4.78 is 23.3. The fourth-order valence-corrected chi connectivity index (χ4v) is 4.98. The smallest absolute Gasteiger partial charge is 0.225 e. The number of rotatable bonds is 4. The van der Waals surface area contributed by atoms with E-state index in [0.29, 0.717) is 11.5 Å². The number of nitrogen functional groups attached to an aromatic ring is 1. The highest BCUT2D eigenvalue weighted by Gasteiger charge is 2.50. The van der Waals surface area contributed by atoms with Crippen molar-refractivity contribution in [3.8, 4) is 11.1 Å². The van der Waals surface area contributed by atoms with Gasteiger partial charge in [0.25, 0.3) is 0 Å². The molecule has 0 aliphatic carbocycles. The van der Waals surface area contributed by atoms with Crippen molar-refractivity contribution < 1.29 is 9.13 Å². The number of anilines is 2. The van der Waals surface area contributed by atoms with E-state index in [2.05, 4.69) is 20.0 Å². The molecule has 2 aliphatic heterocycles. The SMILES string of the molecule is Cc1cnc2ccc(-c3c(N4CC5(COC5)C4)nc(N)n4nc(Cc5ncccc5F)nc34)cn12. The van der Waals surface area contributed by atoms with Crippen LogP contribution >= 0.6 is 0 Å². The zero-order chi connectivity index (χ0) is 23.7. The van der Waals surface area contributed by atoms with E-state index in [0.717, 1.165) is 54.6 Å². The lowest BCUT2D eigenvalue weighted by Crippen LogP contribution is -2.66. The molecule has 1 spiro atoms. The van der Waals surface area contributed by atoms with E-state index in [4.69, 9.17) is 20.4 Å². The predicted molar refractivity (Wildman–Crippen MR) is 127 cm³/mol. The first-order valence-corrected chi connectivity index (χ1v) is 11.4. The van der Waals surface area contributed by atoms with Crippen LogP contribution in [0.3, 0.4) is 0 Å². The van der Waals surface area contributed by atoms with Crippen molar-refractivity contribution in [1.29, 1.82) is 0 Å². The van der Waals surface area contributed by atoms with Crippen LogP contribution in [-0.4, -0.2) is 60.3 Å². The van der Waals surface area contributed by atoms with Gasteiger partial charge in [-0.2, -0.15) is 9.50 Å².